The van der Waals surface area contributed by atoms with Gasteiger partial charge in [-0.1, -0.05) is 146 Å². The second kappa shape index (κ2) is 12.7. The van der Waals surface area contributed by atoms with Crippen molar-refractivity contribution in [1.82, 2.24) is 19.9 Å². The lowest BCUT2D eigenvalue weighted by Crippen LogP contribution is -2.06. The molecule has 0 radical (unpaired) electrons. The average molecular weight is 643 g/mol. The van der Waals surface area contributed by atoms with Crippen LogP contribution in [-0.2, 0) is 6.61 Å². The van der Waals surface area contributed by atoms with Gasteiger partial charge >= 0.3 is 0 Å². The number of benzene rings is 6. The zero-order chi connectivity index (χ0) is 33.3. The molecule has 0 fully saturated rings. The molecule has 0 bridgehead atoms. The van der Waals surface area contributed by atoms with Gasteiger partial charge < -0.3 is 4.74 Å². The van der Waals surface area contributed by atoms with Gasteiger partial charge in [-0.3, -0.25) is 4.98 Å². The molecule has 9 rings (SSSR count). The highest BCUT2D eigenvalue weighted by Gasteiger charge is 2.21. The van der Waals surface area contributed by atoms with Crippen molar-refractivity contribution >= 4 is 0 Å². The fourth-order valence-electron chi connectivity index (χ4n) is 6.52. The number of aromatic nitrogens is 4. The Kier molecular flexibility index (Phi) is 7.48. The minimum absolute atomic E-state index is 0.562. The molecule has 0 aliphatic carbocycles. The van der Waals surface area contributed by atoms with Crippen LogP contribution in [0, 0.1) is 0 Å². The minimum atomic E-state index is 0.562. The fourth-order valence-corrected chi connectivity index (χ4v) is 6.52. The summed E-state index contributed by atoms with van der Waals surface area (Å²) in [7, 11) is 0. The second-order valence-electron chi connectivity index (χ2n) is 12.2. The van der Waals surface area contributed by atoms with E-state index in [0.717, 1.165) is 61.5 Å². The summed E-state index contributed by atoms with van der Waals surface area (Å²) in [6, 6.07) is 56.1. The van der Waals surface area contributed by atoms with Gasteiger partial charge in [0.05, 0.1) is 5.69 Å². The first kappa shape index (κ1) is 29.4. The van der Waals surface area contributed by atoms with E-state index in [0.29, 0.717) is 24.1 Å². The molecule has 1 aliphatic rings. The predicted octanol–water partition coefficient (Wildman–Crippen LogP) is 10.8. The van der Waals surface area contributed by atoms with Gasteiger partial charge in [-0.25, -0.2) is 15.0 Å². The van der Waals surface area contributed by atoms with E-state index in [1.165, 1.54) is 11.1 Å². The van der Waals surface area contributed by atoms with Crippen molar-refractivity contribution in [3.05, 3.63) is 176 Å². The number of hydrogen-bond acceptors (Lipinski definition) is 5. The second-order valence-corrected chi connectivity index (χ2v) is 12.2. The van der Waals surface area contributed by atoms with Crippen molar-refractivity contribution < 1.29 is 4.74 Å². The van der Waals surface area contributed by atoms with E-state index in [2.05, 4.69) is 127 Å². The van der Waals surface area contributed by atoms with Crippen LogP contribution < -0.4 is 4.74 Å². The highest BCUT2D eigenvalue weighted by molar-refractivity contribution is 5.89. The summed E-state index contributed by atoms with van der Waals surface area (Å²) in [5.41, 5.74) is 12.5. The van der Waals surface area contributed by atoms with E-state index in [1.807, 2.05) is 42.6 Å². The zero-order valence-electron chi connectivity index (χ0n) is 27.1. The van der Waals surface area contributed by atoms with Crippen molar-refractivity contribution in [1.29, 1.82) is 0 Å². The van der Waals surface area contributed by atoms with Gasteiger partial charge in [0, 0.05) is 34.0 Å². The van der Waals surface area contributed by atoms with Crippen LogP contribution in [0.2, 0.25) is 0 Å². The van der Waals surface area contributed by atoms with Crippen molar-refractivity contribution in [2.45, 2.75) is 6.61 Å². The maximum atomic E-state index is 6.13. The van der Waals surface area contributed by atoms with Crippen molar-refractivity contribution in [2.75, 3.05) is 0 Å². The van der Waals surface area contributed by atoms with E-state index >= 15 is 0 Å². The van der Waals surface area contributed by atoms with Crippen molar-refractivity contribution in [3.63, 3.8) is 0 Å². The molecular weight excluding hydrogens is 613 g/mol. The summed E-state index contributed by atoms with van der Waals surface area (Å²) < 4.78 is 6.13. The maximum Gasteiger partial charge on any atom is 0.165 e. The number of hydrogen-bond donors (Lipinski definition) is 0. The lowest BCUT2D eigenvalue weighted by atomic mass is 9.91. The lowest BCUT2D eigenvalue weighted by molar-refractivity contribution is 0.302. The van der Waals surface area contributed by atoms with E-state index in [-0.39, 0.29) is 0 Å². The van der Waals surface area contributed by atoms with Crippen LogP contribution in [-0.4, -0.2) is 19.9 Å². The van der Waals surface area contributed by atoms with Crippen LogP contribution in [0.15, 0.2) is 170 Å². The number of pyridine rings is 1. The Morgan fingerprint density at radius 2 is 0.860 bits per heavy atom. The molecule has 0 spiro atoms. The van der Waals surface area contributed by atoms with Gasteiger partial charge in [-0.15, -0.1) is 0 Å². The van der Waals surface area contributed by atoms with Gasteiger partial charge in [-0.2, -0.15) is 0 Å². The first-order valence-electron chi connectivity index (χ1n) is 16.7. The Hall–Kier alpha value is -6.72. The summed E-state index contributed by atoms with van der Waals surface area (Å²) in [5.74, 6) is 2.64. The van der Waals surface area contributed by atoms with E-state index in [1.54, 1.807) is 0 Å². The lowest BCUT2D eigenvalue weighted by Gasteiger charge is -2.23. The number of fused-ring (bicyclic) bond motifs is 3. The largest absolute Gasteiger partial charge is 0.488 e. The quantitative estimate of drug-likeness (QED) is 0.181. The molecule has 1 aliphatic heterocycles. The highest BCUT2D eigenvalue weighted by Crippen LogP contribution is 2.43. The molecule has 5 heteroatoms. The van der Waals surface area contributed by atoms with E-state index < -0.39 is 0 Å². The third-order valence-corrected chi connectivity index (χ3v) is 9.13. The molecule has 0 saturated heterocycles. The molecular formula is C45H30N4O. The molecule has 0 N–H and O–H groups in total. The van der Waals surface area contributed by atoms with Crippen molar-refractivity contribution in [3.8, 4) is 84.6 Å². The summed E-state index contributed by atoms with van der Waals surface area (Å²) in [5, 5.41) is 0. The average Bonchev–Trinajstić information content (AvgIpc) is 3.21. The standard InChI is InChI=1S/C45H30N4O/c1-3-10-30(11-4-1)32-18-22-34(23-19-32)43-47-44(35-24-20-33(21-25-35)31-12-5-2-6-13-31)49-45(48-43)36-26-27-40(46-28-36)39-16-9-17-41-42(39)38-15-8-7-14-37(38)29-50-41/h1-28H,29H2. The summed E-state index contributed by atoms with van der Waals surface area (Å²) in [6.45, 7) is 0.563. The Balaban J connectivity index is 1.11. The molecule has 0 unspecified atom stereocenters. The Morgan fingerprint density at radius 3 is 1.44 bits per heavy atom. The molecule has 0 saturated carbocycles. The Labute approximate surface area is 290 Å². The van der Waals surface area contributed by atoms with Crippen molar-refractivity contribution in [2.24, 2.45) is 0 Å². The monoisotopic (exact) mass is 642 g/mol. The SMILES string of the molecule is c1ccc(-c2ccc(-c3nc(-c4ccc(-c5ccccc5)cc4)nc(-c4ccc(-c5cccc6c5-c5ccccc5CO6)nc4)n3)cc2)cc1. The van der Waals surface area contributed by atoms with Crippen LogP contribution in [0.3, 0.4) is 0 Å². The maximum absolute atomic E-state index is 6.13. The summed E-state index contributed by atoms with van der Waals surface area (Å²) in [4.78, 5) is 19.9. The normalized spacial score (nSPS) is 11.7. The smallest absolute Gasteiger partial charge is 0.165 e. The molecule has 3 heterocycles. The van der Waals surface area contributed by atoms with Crippen LogP contribution >= 0.6 is 0 Å². The summed E-state index contributed by atoms with van der Waals surface area (Å²) >= 11 is 0. The number of rotatable bonds is 6. The van der Waals surface area contributed by atoms with E-state index in [4.69, 9.17) is 24.7 Å². The third kappa shape index (κ3) is 5.61. The molecule has 6 aromatic carbocycles. The number of ether oxygens (including phenoxy) is 1. The molecule has 0 amide bonds. The van der Waals surface area contributed by atoms with Crippen LogP contribution in [0.5, 0.6) is 5.75 Å². The van der Waals surface area contributed by atoms with Crippen LogP contribution in [0.25, 0.3) is 78.8 Å². The summed E-state index contributed by atoms with van der Waals surface area (Å²) in [6.07, 6.45) is 1.85. The predicted molar refractivity (Wildman–Crippen MR) is 200 cm³/mol. The minimum Gasteiger partial charge on any atom is -0.488 e. The van der Waals surface area contributed by atoms with E-state index in [9.17, 15) is 0 Å². The van der Waals surface area contributed by atoms with Gasteiger partial charge in [0.15, 0.2) is 17.5 Å². The molecule has 236 valence electrons. The molecule has 5 nitrogen and oxygen atoms in total. The Morgan fingerprint density at radius 1 is 0.380 bits per heavy atom. The first-order chi connectivity index (χ1) is 24.8. The van der Waals surface area contributed by atoms with Gasteiger partial charge in [-0.05, 0) is 51.6 Å². The third-order valence-electron chi connectivity index (χ3n) is 9.13. The Bertz CT molecular complexity index is 2340. The van der Waals surface area contributed by atoms with Crippen LogP contribution in [0.4, 0.5) is 0 Å². The zero-order valence-corrected chi connectivity index (χ0v) is 27.1. The molecule has 2 aromatic heterocycles. The highest BCUT2D eigenvalue weighted by atomic mass is 16.5. The topological polar surface area (TPSA) is 60.8 Å². The fraction of sp³-hybridized carbons (Fsp3) is 0.0222. The van der Waals surface area contributed by atoms with Gasteiger partial charge in [0.2, 0.25) is 0 Å². The molecule has 0 atom stereocenters. The van der Waals surface area contributed by atoms with Gasteiger partial charge in [0.1, 0.15) is 12.4 Å². The van der Waals surface area contributed by atoms with Gasteiger partial charge in [0.25, 0.3) is 0 Å². The molecule has 8 aromatic rings. The number of nitrogens with zero attached hydrogens (tertiary/aromatic N) is 4. The first-order valence-corrected chi connectivity index (χ1v) is 16.7. The van der Waals surface area contributed by atoms with Crippen LogP contribution in [0.1, 0.15) is 5.56 Å². The molecule has 50 heavy (non-hydrogen) atoms.